The van der Waals surface area contributed by atoms with E-state index in [4.69, 9.17) is 9.47 Å². The van der Waals surface area contributed by atoms with Crippen molar-refractivity contribution in [2.45, 2.75) is 0 Å². The van der Waals surface area contributed by atoms with Gasteiger partial charge in [-0.05, 0) is 60.7 Å². The van der Waals surface area contributed by atoms with E-state index in [9.17, 15) is 15.0 Å². The first-order valence-corrected chi connectivity index (χ1v) is 13.1. The molecule has 2 aromatic heterocycles. The Balaban J connectivity index is 1.20. The van der Waals surface area contributed by atoms with Gasteiger partial charge in [-0.15, -0.1) is 5.10 Å². The number of carbonyl (C=O) groups is 1. The summed E-state index contributed by atoms with van der Waals surface area (Å²) < 4.78 is 12.7. The number of phenolic OH excluding ortho intramolecular Hbond substituents is 1. The van der Waals surface area contributed by atoms with Crippen molar-refractivity contribution >= 4 is 39.9 Å². The molecule has 0 saturated carbocycles. The highest BCUT2D eigenvalue weighted by atomic mass is 16.5. The Morgan fingerprint density at radius 1 is 0.860 bits per heavy atom. The number of hydrogen-bond donors (Lipinski definition) is 5. The standard InChI is InChI=1S/C31H25N7O5/c1-42-22-12-8-20(9-13-22)38-27(18-28(40)37-38)35-31(41)34-25-14-15-26(24-5-3-2-4-23(24)25)43-29-16-17-32-30(36-29)33-19-6-10-21(39)11-7-19/h2-18,39H,1H3,(H,37,40)(H,32,33,36)(H2,34,35,41). The van der Waals surface area contributed by atoms with Gasteiger partial charge in [0.2, 0.25) is 17.7 Å². The van der Waals surface area contributed by atoms with Gasteiger partial charge in [0.1, 0.15) is 23.1 Å². The van der Waals surface area contributed by atoms with Gasteiger partial charge in [-0.1, -0.05) is 24.3 Å². The molecule has 0 fully saturated rings. The third-order valence-corrected chi connectivity index (χ3v) is 6.36. The molecule has 0 radical (unpaired) electrons. The molecule has 0 bridgehead atoms. The maximum atomic E-state index is 13.1. The molecular weight excluding hydrogens is 550 g/mol. The zero-order valence-corrected chi connectivity index (χ0v) is 22.7. The van der Waals surface area contributed by atoms with E-state index in [-0.39, 0.29) is 17.4 Å². The van der Waals surface area contributed by atoms with Gasteiger partial charge >= 0.3 is 6.03 Å². The number of anilines is 4. The second-order valence-corrected chi connectivity index (χ2v) is 9.23. The number of benzene rings is 4. The van der Waals surface area contributed by atoms with E-state index in [1.807, 2.05) is 24.3 Å². The van der Waals surface area contributed by atoms with Gasteiger partial charge in [0.15, 0.2) is 0 Å². The Morgan fingerprint density at radius 2 is 1.63 bits per heavy atom. The van der Waals surface area contributed by atoms with Crippen LogP contribution in [-0.4, -0.2) is 43.1 Å². The van der Waals surface area contributed by atoms with Crippen molar-refractivity contribution in [1.82, 2.24) is 19.7 Å². The van der Waals surface area contributed by atoms with E-state index in [1.54, 1.807) is 80.0 Å². The van der Waals surface area contributed by atoms with Crippen molar-refractivity contribution < 1.29 is 24.5 Å². The summed E-state index contributed by atoms with van der Waals surface area (Å²) in [5.41, 5.74) is 1.86. The molecule has 214 valence electrons. The predicted octanol–water partition coefficient (Wildman–Crippen LogP) is 6.42. The van der Waals surface area contributed by atoms with Crippen LogP contribution in [0.5, 0.6) is 29.0 Å². The average Bonchev–Trinajstić information content (AvgIpc) is 3.39. The summed E-state index contributed by atoms with van der Waals surface area (Å²) in [7, 11) is 1.57. The van der Waals surface area contributed by atoms with E-state index in [2.05, 4.69) is 31.0 Å². The number of nitrogens with zero attached hydrogens (tertiary/aromatic N) is 4. The minimum atomic E-state index is -0.533. The molecule has 5 N–H and O–H groups in total. The van der Waals surface area contributed by atoms with Gasteiger partial charge in [0, 0.05) is 34.8 Å². The number of carbonyl (C=O) groups excluding carboxylic acids is 1. The normalized spacial score (nSPS) is 10.7. The molecule has 0 saturated heterocycles. The van der Waals surface area contributed by atoms with Gasteiger partial charge in [-0.3, -0.25) is 5.32 Å². The van der Waals surface area contributed by atoms with Gasteiger partial charge in [-0.25, -0.2) is 14.5 Å². The zero-order valence-electron chi connectivity index (χ0n) is 22.7. The van der Waals surface area contributed by atoms with Crippen LogP contribution >= 0.6 is 0 Å². The molecule has 6 rings (SSSR count). The lowest BCUT2D eigenvalue weighted by atomic mass is 10.1. The lowest BCUT2D eigenvalue weighted by molar-refractivity contribution is 0.262. The molecule has 2 heterocycles. The Kier molecular flexibility index (Phi) is 7.30. The zero-order chi connectivity index (χ0) is 29.8. The van der Waals surface area contributed by atoms with Gasteiger partial charge in [-0.2, -0.15) is 4.98 Å². The van der Waals surface area contributed by atoms with Gasteiger partial charge < -0.3 is 30.3 Å². The minimum absolute atomic E-state index is 0.158. The molecule has 0 atom stereocenters. The van der Waals surface area contributed by atoms with Crippen molar-refractivity contribution in [1.29, 1.82) is 0 Å². The van der Waals surface area contributed by atoms with E-state index in [1.165, 1.54) is 10.7 Å². The minimum Gasteiger partial charge on any atom is -0.508 e. The number of urea groups is 1. The lowest BCUT2D eigenvalue weighted by Crippen LogP contribution is -2.21. The van der Waals surface area contributed by atoms with Crippen LogP contribution in [0.25, 0.3) is 16.5 Å². The molecule has 12 heteroatoms. The van der Waals surface area contributed by atoms with Crippen LogP contribution in [0.15, 0.2) is 103 Å². The third kappa shape index (κ3) is 6.07. The van der Waals surface area contributed by atoms with Crippen molar-refractivity contribution in [3.8, 4) is 34.7 Å². The van der Waals surface area contributed by atoms with E-state index >= 15 is 0 Å². The van der Waals surface area contributed by atoms with Crippen molar-refractivity contribution in [3.05, 3.63) is 103 Å². The number of hydrogen-bond acceptors (Lipinski definition) is 9. The Morgan fingerprint density at radius 3 is 2.40 bits per heavy atom. The van der Waals surface area contributed by atoms with E-state index < -0.39 is 6.03 Å². The molecule has 6 aromatic rings. The SMILES string of the molecule is COc1ccc(-n2nc(O)cc2NC(=O)Nc2ccc(Oc3ccnc(Nc4ccc(O)cc4)n3)c3ccccc23)cc1. The highest BCUT2D eigenvalue weighted by Crippen LogP contribution is 2.34. The number of rotatable bonds is 8. The number of aromatic nitrogens is 4. The maximum Gasteiger partial charge on any atom is 0.324 e. The fourth-order valence-electron chi connectivity index (χ4n) is 4.36. The number of ether oxygens (including phenoxy) is 2. The number of methoxy groups -OCH3 is 1. The fraction of sp³-hybridized carbons (Fsp3) is 0.0323. The predicted molar refractivity (Wildman–Crippen MR) is 162 cm³/mol. The fourth-order valence-corrected chi connectivity index (χ4v) is 4.36. The third-order valence-electron chi connectivity index (χ3n) is 6.36. The Bertz CT molecular complexity index is 1910. The lowest BCUT2D eigenvalue weighted by Gasteiger charge is -2.14. The number of phenols is 1. The molecular formula is C31H25N7O5. The number of nitrogens with one attached hydrogen (secondary N) is 3. The maximum absolute atomic E-state index is 13.1. The van der Waals surface area contributed by atoms with E-state index in [0.717, 1.165) is 10.8 Å². The summed E-state index contributed by atoms with van der Waals surface area (Å²) >= 11 is 0. The smallest absolute Gasteiger partial charge is 0.324 e. The highest BCUT2D eigenvalue weighted by Gasteiger charge is 2.15. The molecule has 0 aliphatic rings. The molecule has 0 aliphatic carbocycles. The van der Waals surface area contributed by atoms with Crippen molar-refractivity contribution in [2.75, 3.05) is 23.1 Å². The monoisotopic (exact) mass is 575 g/mol. The molecule has 43 heavy (non-hydrogen) atoms. The Hall–Kier alpha value is -6.30. The largest absolute Gasteiger partial charge is 0.508 e. The first-order chi connectivity index (χ1) is 20.9. The van der Waals surface area contributed by atoms with Gasteiger partial charge in [0.25, 0.3) is 0 Å². The summed E-state index contributed by atoms with van der Waals surface area (Å²) in [5, 5.41) is 33.8. The number of fused-ring (bicyclic) bond motifs is 1. The first kappa shape index (κ1) is 26.9. The molecule has 0 spiro atoms. The number of amides is 2. The quantitative estimate of drug-likeness (QED) is 0.129. The van der Waals surface area contributed by atoms with Crippen LogP contribution in [0.2, 0.25) is 0 Å². The van der Waals surface area contributed by atoms with Crippen LogP contribution in [-0.2, 0) is 0 Å². The summed E-state index contributed by atoms with van der Waals surface area (Å²) in [6.07, 6.45) is 1.57. The van der Waals surface area contributed by atoms with E-state index in [0.29, 0.717) is 40.4 Å². The number of aromatic hydroxyl groups is 2. The molecule has 12 nitrogen and oxygen atoms in total. The van der Waals surface area contributed by atoms with Crippen LogP contribution < -0.4 is 25.4 Å². The summed E-state index contributed by atoms with van der Waals surface area (Å²) in [5.74, 6) is 2.00. The van der Waals surface area contributed by atoms with Crippen LogP contribution in [0, 0.1) is 0 Å². The van der Waals surface area contributed by atoms with Crippen LogP contribution in [0.3, 0.4) is 0 Å². The molecule has 2 amide bonds. The second-order valence-electron chi connectivity index (χ2n) is 9.23. The topological polar surface area (TPSA) is 156 Å². The summed E-state index contributed by atoms with van der Waals surface area (Å²) in [6, 6.07) is 26.9. The summed E-state index contributed by atoms with van der Waals surface area (Å²) in [6.45, 7) is 0. The van der Waals surface area contributed by atoms with Crippen molar-refractivity contribution in [3.63, 3.8) is 0 Å². The van der Waals surface area contributed by atoms with Crippen LogP contribution in [0.4, 0.5) is 27.9 Å². The molecule has 0 unspecified atom stereocenters. The summed E-state index contributed by atoms with van der Waals surface area (Å²) in [4.78, 5) is 21.7. The van der Waals surface area contributed by atoms with Crippen LogP contribution in [0.1, 0.15) is 0 Å². The Labute approximate surface area is 245 Å². The average molecular weight is 576 g/mol. The second kappa shape index (κ2) is 11.7. The molecule has 0 aliphatic heterocycles. The highest BCUT2D eigenvalue weighted by molar-refractivity contribution is 6.07. The van der Waals surface area contributed by atoms with Gasteiger partial charge in [0.05, 0.1) is 18.5 Å². The van der Waals surface area contributed by atoms with Crippen molar-refractivity contribution in [2.24, 2.45) is 0 Å². The first-order valence-electron chi connectivity index (χ1n) is 13.1. The molecule has 4 aromatic carbocycles.